The van der Waals surface area contributed by atoms with Crippen LogP contribution in [0.3, 0.4) is 0 Å². The summed E-state index contributed by atoms with van der Waals surface area (Å²) in [6.07, 6.45) is 26.8. The van der Waals surface area contributed by atoms with Crippen molar-refractivity contribution in [3.63, 3.8) is 0 Å². The first-order valence-corrected chi connectivity index (χ1v) is 32.5. The van der Waals surface area contributed by atoms with Crippen LogP contribution >= 0.6 is 0 Å². The van der Waals surface area contributed by atoms with Gasteiger partial charge >= 0.3 is 5.97 Å². The van der Waals surface area contributed by atoms with Crippen LogP contribution in [0.25, 0.3) is 0 Å². The second-order valence-corrected chi connectivity index (χ2v) is 30.0. The van der Waals surface area contributed by atoms with E-state index in [2.05, 4.69) is 71.8 Å². The van der Waals surface area contributed by atoms with Crippen molar-refractivity contribution in [1.29, 1.82) is 0 Å². The molecular formula is C71H87NO9. The molecule has 4 bridgehead atoms. The molecule has 10 heteroatoms. The van der Waals surface area contributed by atoms with Gasteiger partial charge in [0.2, 0.25) is 0 Å². The number of rotatable bonds is 5. The number of hydrogen-bond acceptors (Lipinski definition) is 10. The lowest BCUT2D eigenvalue weighted by Gasteiger charge is -2.76. The second kappa shape index (κ2) is 18.5. The molecule has 23 atom stereocenters. The monoisotopic (exact) mass is 1100 g/mol. The van der Waals surface area contributed by atoms with E-state index in [1.54, 1.807) is 6.08 Å². The van der Waals surface area contributed by atoms with Gasteiger partial charge in [-0.25, -0.2) is 4.79 Å². The van der Waals surface area contributed by atoms with Crippen molar-refractivity contribution in [1.82, 2.24) is 5.32 Å². The zero-order valence-electron chi connectivity index (χ0n) is 47.6. The molecule has 2 heterocycles. The maximum atomic E-state index is 15.9. The number of hydrogen-bond donors (Lipinski definition) is 6. The van der Waals surface area contributed by atoms with E-state index in [9.17, 15) is 15.0 Å². The Bertz CT molecular complexity index is 3040. The first kappa shape index (κ1) is 52.5. The molecule has 2 aromatic carbocycles. The van der Waals surface area contributed by atoms with E-state index in [4.69, 9.17) is 9.47 Å². The fourth-order valence-electron chi connectivity index (χ4n) is 25.2. The van der Waals surface area contributed by atoms with Crippen LogP contribution in [0.2, 0.25) is 0 Å². The number of likely N-dealkylation sites (N-methyl/N-ethyl adjacent to an activating group) is 1. The molecule has 10 saturated carbocycles. The third-order valence-electron chi connectivity index (χ3n) is 27.8. The molecular weight excluding hydrogens is 1010 g/mol. The molecule has 17 rings (SSSR count). The van der Waals surface area contributed by atoms with Gasteiger partial charge in [-0.05, 0) is 203 Å². The average molecular weight is 1100 g/mol. The zero-order chi connectivity index (χ0) is 55.1. The van der Waals surface area contributed by atoms with Gasteiger partial charge in [-0.2, -0.15) is 0 Å². The lowest BCUT2D eigenvalue weighted by atomic mass is 9.31. The standard InChI is InChI=1S/C71H87NO9/c1-72-58-34-51-43(15-9-17-46(51)37-73)21-26-65(24-7-8-25-65)38-66-27-22-59-67(40-74)39-68-49(30-47-29-44(19-20-55(47)68)41-11-3-2-4-12-41)23-28-80-64(68)57-32-45-16-10-18-50(42-13-5-6-14-42)52(45)33-56(70(57,67)78)63(76)71(59,79)69(66,77)36-48-31-53(58)62-54(61(48)66)35-60(75)81-62/h2-4,9-12,15-17,23,28,35,40,42,44-45,47-50,52-53,55-59,61-64,72-73,76-79H,5-8,13-14,18-20,22,24-25,27,29-34,36-39H2,1H3. The Morgan fingerprint density at radius 1 is 0.790 bits per heavy atom. The molecule has 13 aliphatic carbocycles. The highest BCUT2D eigenvalue weighted by atomic mass is 16.5. The minimum absolute atomic E-state index is 0.0987. The fourth-order valence-corrected chi connectivity index (χ4v) is 25.2. The molecule has 2 aromatic rings. The molecule has 0 aromatic heterocycles. The number of ether oxygens (including phenoxy) is 2. The number of nitrogens with one attached hydrogen (secondary N) is 1. The number of aldehydes is 1. The molecule has 2 aliphatic heterocycles. The Balaban J connectivity index is 0.905. The highest BCUT2D eigenvalue weighted by molar-refractivity contribution is 5.86. The number of aliphatic hydroxyl groups excluding tert-OH is 2. The molecule has 430 valence electrons. The minimum Gasteiger partial charge on any atom is -0.497 e. The van der Waals surface area contributed by atoms with Gasteiger partial charge in [0.25, 0.3) is 0 Å². The summed E-state index contributed by atoms with van der Waals surface area (Å²) >= 11 is 0. The van der Waals surface area contributed by atoms with Crippen LogP contribution in [0.15, 0.2) is 84.7 Å². The lowest BCUT2D eigenvalue weighted by molar-refractivity contribution is -0.388. The summed E-state index contributed by atoms with van der Waals surface area (Å²) in [6.45, 7) is -0.121. The van der Waals surface area contributed by atoms with Crippen LogP contribution in [-0.2, 0) is 32.1 Å². The van der Waals surface area contributed by atoms with Crippen molar-refractivity contribution in [2.45, 2.75) is 195 Å². The third-order valence-corrected chi connectivity index (χ3v) is 27.8. The van der Waals surface area contributed by atoms with Gasteiger partial charge in [0.05, 0.1) is 30.0 Å². The average Bonchev–Trinajstić information content (AvgIpc) is 1.96. The van der Waals surface area contributed by atoms with Gasteiger partial charge in [0.15, 0.2) is 0 Å². The van der Waals surface area contributed by atoms with Crippen LogP contribution in [0, 0.1) is 110 Å². The summed E-state index contributed by atoms with van der Waals surface area (Å²) in [4.78, 5) is 30.0. The summed E-state index contributed by atoms with van der Waals surface area (Å²) in [7, 11) is 1.96. The molecule has 81 heavy (non-hydrogen) atoms. The molecule has 0 radical (unpaired) electrons. The van der Waals surface area contributed by atoms with Crippen LogP contribution in [-0.4, -0.2) is 86.0 Å². The Hall–Kier alpha value is -4.08. The highest BCUT2D eigenvalue weighted by Gasteiger charge is 2.88. The van der Waals surface area contributed by atoms with Gasteiger partial charge in [0.1, 0.15) is 29.7 Å². The smallest absolute Gasteiger partial charge is 0.331 e. The Kier molecular flexibility index (Phi) is 12.0. The van der Waals surface area contributed by atoms with Crippen molar-refractivity contribution in [3.05, 3.63) is 107 Å². The molecule has 10 nitrogen and oxygen atoms in total. The van der Waals surface area contributed by atoms with Crippen LogP contribution in [0.5, 0.6) is 0 Å². The van der Waals surface area contributed by atoms with Gasteiger partial charge in [-0.3, -0.25) is 0 Å². The highest BCUT2D eigenvalue weighted by Crippen LogP contribution is 2.82. The number of fused-ring (bicyclic) bond motifs is 7. The van der Waals surface area contributed by atoms with Crippen LogP contribution in [0.4, 0.5) is 0 Å². The Morgan fingerprint density at radius 2 is 1.62 bits per heavy atom. The predicted molar refractivity (Wildman–Crippen MR) is 305 cm³/mol. The van der Waals surface area contributed by atoms with Crippen molar-refractivity contribution >= 4 is 12.3 Å². The van der Waals surface area contributed by atoms with E-state index < -0.39 is 68.4 Å². The number of esters is 1. The molecule has 6 N–H and O–H groups in total. The second-order valence-electron chi connectivity index (χ2n) is 30.0. The Labute approximate surface area is 479 Å². The van der Waals surface area contributed by atoms with Crippen molar-refractivity contribution in [3.8, 4) is 11.8 Å². The molecule has 15 aliphatic rings. The summed E-state index contributed by atoms with van der Waals surface area (Å²) in [5.41, 5.74) is -4.64. The third kappa shape index (κ3) is 6.75. The predicted octanol–water partition coefficient (Wildman–Crippen LogP) is 9.83. The topological polar surface area (TPSA) is 166 Å². The van der Waals surface area contributed by atoms with Crippen molar-refractivity contribution in [2.75, 3.05) is 7.05 Å². The quantitative estimate of drug-likeness (QED) is 0.0735. The fraction of sp³-hybridized carbons (Fsp3) is 0.690. The number of carbonyl (C=O) groups excluding carboxylic acids is 2. The van der Waals surface area contributed by atoms with E-state index in [0.717, 1.165) is 86.3 Å². The summed E-state index contributed by atoms with van der Waals surface area (Å²) in [5.74, 6) is 6.36. The van der Waals surface area contributed by atoms with Crippen molar-refractivity contribution in [2.24, 2.45) is 98.6 Å². The SMILES string of the molecule is CNC1Cc2c(cccc2CO)C#CC2(CCCC2)CC23CCC4C5(C=O)CC67C(C=COC6C6CC8C=CCC(C9CCCC9)C8CC(C(O)C4(O)C2(O)CC2CC1C1OC(=O)C=C1C23)C65O)CC1CC(c2ccccc2)CCC17. The molecule has 0 saturated heterocycles. The number of allylic oxidation sites excluding steroid dienone is 3. The van der Waals surface area contributed by atoms with Crippen LogP contribution < -0.4 is 5.32 Å². The van der Waals surface area contributed by atoms with E-state index in [1.807, 2.05) is 25.4 Å². The Morgan fingerprint density at radius 3 is 2.41 bits per heavy atom. The largest absolute Gasteiger partial charge is 0.497 e. The van der Waals surface area contributed by atoms with Gasteiger partial charge < -0.3 is 45.1 Å². The van der Waals surface area contributed by atoms with E-state index in [-0.39, 0.29) is 72.6 Å². The first-order valence-electron chi connectivity index (χ1n) is 32.5. The van der Waals surface area contributed by atoms with Crippen molar-refractivity contribution < 1.29 is 44.6 Å². The lowest BCUT2D eigenvalue weighted by Crippen LogP contribution is -2.87. The number of benzene rings is 2. The normalized spacial score (nSPS) is 50.1. The first-order chi connectivity index (χ1) is 39.3. The van der Waals surface area contributed by atoms with E-state index >= 15 is 20.1 Å². The number of aliphatic hydroxyl groups is 5. The summed E-state index contributed by atoms with van der Waals surface area (Å²) in [5, 5.41) is 74.8. The van der Waals surface area contributed by atoms with Crippen LogP contribution in [0.1, 0.15) is 163 Å². The molecule has 0 amide bonds. The number of carbonyl (C=O) groups is 2. The van der Waals surface area contributed by atoms with Gasteiger partial charge in [-0.15, -0.1) is 0 Å². The molecule has 23 unspecified atom stereocenters. The molecule has 10 fully saturated rings. The minimum atomic E-state index is -2.23. The summed E-state index contributed by atoms with van der Waals surface area (Å²) < 4.78 is 13.8. The maximum absolute atomic E-state index is 15.9. The van der Waals surface area contributed by atoms with E-state index in [1.165, 1.54) is 31.2 Å². The van der Waals surface area contributed by atoms with Gasteiger partial charge in [-0.1, -0.05) is 105 Å². The molecule has 3 spiro atoms. The van der Waals surface area contributed by atoms with E-state index in [0.29, 0.717) is 75.0 Å². The maximum Gasteiger partial charge on any atom is 0.331 e. The zero-order valence-corrected chi connectivity index (χ0v) is 47.6. The van der Waals surface area contributed by atoms with Gasteiger partial charge in [0, 0.05) is 57.6 Å². The summed E-state index contributed by atoms with van der Waals surface area (Å²) in [6, 6.07) is 16.8.